The first-order chi connectivity index (χ1) is 9.31. The number of nitrogens with one attached hydrogen (secondary N) is 2. The van der Waals surface area contributed by atoms with Gasteiger partial charge < -0.3 is 5.32 Å². The van der Waals surface area contributed by atoms with Gasteiger partial charge in [-0.25, -0.2) is 13.1 Å². The fourth-order valence-electron chi connectivity index (χ4n) is 1.59. The topological polar surface area (TPSA) is 75.3 Å². The minimum atomic E-state index is -3.35. The lowest BCUT2D eigenvalue weighted by molar-refractivity contribution is -0.120. The van der Waals surface area contributed by atoms with Gasteiger partial charge >= 0.3 is 0 Å². The Morgan fingerprint density at radius 1 is 1.30 bits per heavy atom. The van der Waals surface area contributed by atoms with Gasteiger partial charge in [0.15, 0.2) is 0 Å². The van der Waals surface area contributed by atoms with Crippen molar-refractivity contribution >= 4 is 27.7 Å². The van der Waals surface area contributed by atoms with Crippen LogP contribution in [0.1, 0.15) is 25.5 Å². The average molecular weight is 316 g/mol. The highest BCUT2D eigenvalue weighted by atomic mass is 32.2. The molecule has 5 nitrogen and oxygen atoms in total. The molecule has 1 aromatic carbocycles. The molecule has 0 radical (unpaired) electrons. The summed E-state index contributed by atoms with van der Waals surface area (Å²) in [6.45, 7) is 3.71. The van der Waals surface area contributed by atoms with Crippen LogP contribution in [-0.2, 0) is 14.8 Å². The van der Waals surface area contributed by atoms with E-state index in [0.717, 1.165) is 17.6 Å². The van der Waals surface area contributed by atoms with Crippen molar-refractivity contribution in [3.63, 3.8) is 0 Å². The molecule has 0 heterocycles. The van der Waals surface area contributed by atoms with Crippen molar-refractivity contribution in [3.8, 4) is 0 Å². The average Bonchev–Trinajstić information content (AvgIpc) is 2.37. The van der Waals surface area contributed by atoms with Crippen molar-refractivity contribution < 1.29 is 13.2 Å². The van der Waals surface area contributed by atoms with E-state index in [-0.39, 0.29) is 18.5 Å². The van der Waals surface area contributed by atoms with E-state index in [2.05, 4.69) is 17.0 Å². The van der Waals surface area contributed by atoms with Gasteiger partial charge in [-0.1, -0.05) is 19.1 Å². The molecule has 1 amide bonds. The SMILES string of the molecule is CCSc1ccc([C@@H](C)NC(=O)CNS(C)(=O)=O)cc1. The van der Waals surface area contributed by atoms with Crippen LogP contribution in [0.5, 0.6) is 0 Å². The summed E-state index contributed by atoms with van der Waals surface area (Å²) < 4.78 is 24.0. The molecule has 0 saturated heterocycles. The third-order valence-electron chi connectivity index (χ3n) is 2.56. The van der Waals surface area contributed by atoms with Gasteiger partial charge in [-0.05, 0) is 30.4 Å². The zero-order valence-corrected chi connectivity index (χ0v) is 13.5. The number of carbonyl (C=O) groups excluding carboxylic acids is 1. The monoisotopic (exact) mass is 316 g/mol. The van der Waals surface area contributed by atoms with E-state index >= 15 is 0 Å². The Labute approximate surface area is 124 Å². The molecule has 0 aliphatic heterocycles. The molecular weight excluding hydrogens is 296 g/mol. The van der Waals surface area contributed by atoms with E-state index in [1.54, 1.807) is 11.8 Å². The fourth-order valence-corrected chi connectivity index (χ4v) is 2.65. The Hall–Kier alpha value is -1.05. The summed E-state index contributed by atoms with van der Waals surface area (Å²) in [7, 11) is -3.35. The van der Waals surface area contributed by atoms with E-state index in [1.807, 2.05) is 31.2 Å². The van der Waals surface area contributed by atoms with Crippen LogP contribution < -0.4 is 10.0 Å². The molecule has 112 valence electrons. The highest BCUT2D eigenvalue weighted by molar-refractivity contribution is 7.99. The molecule has 7 heteroatoms. The Morgan fingerprint density at radius 3 is 2.40 bits per heavy atom. The molecule has 1 atom stereocenters. The second-order valence-corrected chi connectivity index (χ2v) is 7.55. The van der Waals surface area contributed by atoms with Crippen LogP contribution in [0.2, 0.25) is 0 Å². The van der Waals surface area contributed by atoms with Crippen LogP contribution in [0.4, 0.5) is 0 Å². The molecule has 1 aromatic rings. The van der Waals surface area contributed by atoms with Gasteiger partial charge in [0.25, 0.3) is 0 Å². The largest absolute Gasteiger partial charge is 0.348 e. The lowest BCUT2D eigenvalue weighted by atomic mass is 10.1. The third-order valence-corrected chi connectivity index (χ3v) is 4.13. The molecule has 1 rings (SSSR count). The first-order valence-corrected chi connectivity index (χ1v) is 9.16. The Balaban J connectivity index is 2.53. The van der Waals surface area contributed by atoms with Gasteiger partial charge in [0.05, 0.1) is 18.8 Å². The lowest BCUT2D eigenvalue weighted by Crippen LogP contribution is -2.37. The van der Waals surface area contributed by atoms with E-state index < -0.39 is 10.0 Å². The van der Waals surface area contributed by atoms with Gasteiger partial charge in [-0.15, -0.1) is 11.8 Å². The Bertz CT molecular complexity index is 541. The second-order valence-electron chi connectivity index (χ2n) is 4.38. The number of rotatable bonds is 7. The standard InChI is InChI=1S/C13H20N2O3S2/c1-4-19-12-7-5-11(6-8-12)10(2)15-13(16)9-14-20(3,17)18/h5-8,10,14H,4,9H2,1-3H3,(H,15,16)/t10-/m1/s1. The van der Waals surface area contributed by atoms with Gasteiger partial charge in [0, 0.05) is 4.90 Å². The molecule has 0 fully saturated rings. The summed E-state index contributed by atoms with van der Waals surface area (Å²) in [6, 6.07) is 7.80. The zero-order valence-electron chi connectivity index (χ0n) is 11.8. The zero-order chi connectivity index (χ0) is 15.2. The van der Waals surface area contributed by atoms with Crippen molar-refractivity contribution in [2.75, 3.05) is 18.6 Å². The fraction of sp³-hybridized carbons (Fsp3) is 0.462. The van der Waals surface area contributed by atoms with Crippen LogP contribution in [0, 0.1) is 0 Å². The first-order valence-electron chi connectivity index (χ1n) is 6.28. The molecular formula is C13H20N2O3S2. The minimum absolute atomic E-state index is 0.162. The molecule has 20 heavy (non-hydrogen) atoms. The number of hydrogen-bond acceptors (Lipinski definition) is 4. The van der Waals surface area contributed by atoms with Crippen molar-refractivity contribution in [3.05, 3.63) is 29.8 Å². The molecule has 2 N–H and O–H groups in total. The maximum Gasteiger partial charge on any atom is 0.235 e. The van der Waals surface area contributed by atoms with Crippen LogP contribution in [0.15, 0.2) is 29.2 Å². The summed E-state index contributed by atoms with van der Waals surface area (Å²) in [4.78, 5) is 12.8. The summed E-state index contributed by atoms with van der Waals surface area (Å²) in [5.41, 5.74) is 0.984. The Kier molecular flexibility index (Phi) is 6.51. The maximum absolute atomic E-state index is 11.6. The molecule has 0 aliphatic carbocycles. The maximum atomic E-state index is 11.6. The summed E-state index contributed by atoms with van der Waals surface area (Å²) in [6.07, 6.45) is 1.02. The normalized spacial score (nSPS) is 12.9. The van der Waals surface area contributed by atoms with Crippen molar-refractivity contribution in [1.82, 2.24) is 10.0 Å². The van der Waals surface area contributed by atoms with E-state index in [1.165, 1.54) is 4.90 Å². The third kappa shape index (κ3) is 6.40. The van der Waals surface area contributed by atoms with Crippen LogP contribution in [-0.4, -0.2) is 32.9 Å². The van der Waals surface area contributed by atoms with E-state index in [9.17, 15) is 13.2 Å². The highest BCUT2D eigenvalue weighted by Gasteiger charge is 2.11. The summed E-state index contributed by atoms with van der Waals surface area (Å²) in [5, 5.41) is 2.75. The molecule has 0 aliphatic rings. The molecule has 0 bridgehead atoms. The van der Waals surface area contributed by atoms with Crippen molar-refractivity contribution in [2.45, 2.75) is 24.8 Å². The minimum Gasteiger partial charge on any atom is -0.348 e. The predicted octanol–water partition coefficient (Wildman–Crippen LogP) is 1.52. The molecule has 0 spiro atoms. The van der Waals surface area contributed by atoms with E-state index in [0.29, 0.717) is 0 Å². The molecule has 0 aromatic heterocycles. The quantitative estimate of drug-likeness (QED) is 0.748. The number of amides is 1. The molecule has 0 saturated carbocycles. The lowest BCUT2D eigenvalue weighted by Gasteiger charge is -2.15. The summed E-state index contributed by atoms with van der Waals surface area (Å²) >= 11 is 1.76. The van der Waals surface area contributed by atoms with Crippen molar-refractivity contribution in [1.29, 1.82) is 0 Å². The number of hydrogen-bond donors (Lipinski definition) is 2. The van der Waals surface area contributed by atoms with Crippen LogP contribution in [0.25, 0.3) is 0 Å². The van der Waals surface area contributed by atoms with Crippen molar-refractivity contribution in [2.24, 2.45) is 0 Å². The Morgan fingerprint density at radius 2 is 1.90 bits per heavy atom. The number of carbonyl (C=O) groups is 1. The van der Waals surface area contributed by atoms with Crippen LogP contribution >= 0.6 is 11.8 Å². The highest BCUT2D eigenvalue weighted by Crippen LogP contribution is 2.20. The predicted molar refractivity (Wildman–Crippen MR) is 82.2 cm³/mol. The summed E-state index contributed by atoms with van der Waals surface area (Å²) in [5.74, 6) is 0.665. The number of thioether (sulfide) groups is 1. The first kappa shape index (κ1) is 17.0. The molecule has 0 unspecified atom stereocenters. The smallest absolute Gasteiger partial charge is 0.235 e. The number of sulfonamides is 1. The van der Waals surface area contributed by atoms with Gasteiger partial charge in [0.1, 0.15) is 0 Å². The van der Waals surface area contributed by atoms with E-state index in [4.69, 9.17) is 0 Å². The van der Waals surface area contributed by atoms with Gasteiger partial charge in [-0.3, -0.25) is 4.79 Å². The van der Waals surface area contributed by atoms with Crippen LogP contribution in [0.3, 0.4) is 0 Å². The van der Waals surface area contributed by atoms with Gasteiger partial charge in [-0.2, -0.15) is 0 Å². The second kappa shape index (κ2) is 7.66. The van der Waals surface area contributed by atoms with Gasteiger partial charge in [0.2, 0.25) is 15.9 Å². The number of benzene rings is 1.